The molecule has 3 rings (SSSR count). The number of halogens is 1. The van der Waals surface area contributed by atoms with Gasteiger partial charge in [-0.3, -0.25) is 0 Å². The molecule has 0 radical (unpaired) electrons. The van der Waals surface area contributed by atoms with Crippen molar-refractivity contribution in [3.8, 4) is 6.07 Å². The van der Waals surface area contributed by atoms with Crippen molar-refractivity contribution in [2.75, 3.05) is 6.54 Å². The van der Waals surface area contributed by atoms with Crippen LogP contribution in [-0.4, -0.2) is 12.6 Å². The standard InChI is InChI=1S/C25H26ClN3/c1-18(29-25(17-28)21-7-3-2-4-8-21)24(15-19-10-12-23(26)13-11-19)22-9-5-6-20(14-22)16-27/h2-14,18,24-25,29H,15,17,28H2,1H3/t18?,24?,25-/m1/s1. The third-order valence-electron chi connectivity index (χ3n) is 5.32. The highest BCUT2D eigenvalue weighted by Gasteiger charge is 2.23. The summed E-state index contributed by atoms with van der Waals surface area (Å²) in [6.07, 6.45) is 0.840. The molecular weight excluding hydrogens is 378 g/mol. The fourth-order valence-corrected chi connectivity index (χ4v) is 3.84. The highest BCUT2D eigenvalue weighted by Crippen LogP contribution is 2.28. The molecule has 3 nitrogen and oxygen atoms in total. The Morgan fingerprint density at radius 3 is 2.31 bits per heavy atom. The number of nitrogens with zero attached hydrogens (tertiary/aromatic N) is 1. The second-order valence-corrected chi connectivity index (χ2v) is 7.77. The van der Waals surface area contributed by atoms with E-state index in [4.69, 9.17) is 17.3 Å². The monoisotopic (exact) mass is 403 g/mol. The van der Waals surface area contributed by atoms with E-state index in [9.17, 15) is 5.26 Å². The predicted octanol–water partition coefficient (Wildman–Crippen LogP) is 5.22. The molecule has 0 spiro atoms. The molecule has 3 aromatic carbocycles. The zero-order chi connectivity index (χ0) is 20.6. The molecule has 0 amide bonds. The van der Waals surface area contributed by atoms with Crippen molar-refractivity contribution in [3.63, 3.8) is 0 Å². The second-order valence-electron chi connectivity index (χ2n) is 7.33. The lowest BCUT2D eigenvalue weighted by Gasteiger charge is -2.30. The molecule has 3 atom stereocenters. The summed E-state index contributed by atoms with van der Waals surface area (Å²) >= 11 is 6.06. The third-order valence-corrected chi connectivity index (χ3v) is 5.57. The summed E-state index contributed by atoms with van der Waals surface area (Å²) < 4.78 is 0. The minimum absolute atomic E-state index is 0.0677. The summed E-state index contributed by atoms with van der Waals surface area (Å²) in [5, 5.41) is 13.8. The van der Waals surface area contributed by atoms with Gasteiger partial charge in [-0.2, -0.15) is 5.26 Å². The van der Waals surface area contributed by atoms with E-state index >= 15 is 0 Å². The maximum atomic E-state index is 9.34. The number of nitriles is 1. The first-order valence-corrected chi connectivity index (χ1v) is 10.2. The molecule has 4 heteroatoms. The number of hydrogen-bond acceptors (Lipinski definition) is 3. The van der Waals surface area contributed by atoms with Gasteiger partial charge in [0.15, 0.2) is 0 Å². The van der Waals surface area contributed by atoms with E-state index in [1.165, 1.54) is 11.1 Å². The number of nitrogens with one attached hydrogen (secondary N) is 1. The summed E-state index contributed by atoms with van der Waals surface area (Å²) in [7, 11) is 0. The lowest BCUT2D eigenvalue weighted by molar-refractivity contribution is 0.402. The Kier molecular flexibility index (Phi) is 7.43. The zero-order valence-electron chi connectivity index (χ0n) is 16.6. The van der Waals surface area contributed by atoms with Crippen molar-refractivity contribution in [1.29, 1.82) is 5.26 Å². The largest absolute Gasteiger partial charge is 0.329 e. The molecule has 3 N–H and O–H groups in total. The number of hydrogen-bond donors (Lipinski definition) is 2. The Morgan fingerprint density at radius 1 is 0.966 bits per heavy atom. The first kappa shape index (κ1) is 21.1. The quantitative estimate of drug-likeness (QED) is 0.542. The molecule has 0 heterocycles. The van der Waals surface area contributed by atoms with Crippen LogP contribution in [-0.2, 0) is 6.42 Å². The molecule has 148 valence electrons. The maximum absolute atomic E-state index is 9.34. The Hall–Kier alpha value is -2.64. The van der Waals surface area contributed by atoms with Gasteiger partial charge in [0, 0.05) is 29.6 Å². The van der Waals surface area contributed by atoms with Crippen molar-refractivity contribution in [3.05, 3.63) is 106 Å². The normalized spacial score (nSPS) is 14.0. The average Bonchev–Trinajstić information content (AvgIpc) is 2.77. The Balaban J connectivity index is 1.88. The Morgan fingerprint density at radius 2 is 1.66 bits per heavy atom. The summed E-state index contributed by atoms with van der Waals surface area (Å²) in [5.74, 6) is 0.183. The molecule has 0 saturated carbocycles. The molecule has 0 saturated heterocycles. The topological polar surface area (TPSA) is 61.8 Å². The first-order chi connectivity index (χ1) is 14.1. The highest BCUT2D eigenvalue weighted by molar-refractivity contribution is 6.30. The van der Waals surface area contributed by atoms with E-state index in [1.807, 2.05) is 48.5 Å². The van der Waals surface area contributed by atoms with E-state index in [0.29, 0.717) is 12.1 Å². The SMILES string of the molecule is CC(N[C@H](CN)c1ccccc1)C(Cc1ccc(Cl)cc1)c1cccc(C#N)c1. The zero-order valence-corrected chi connectivity index (χ0v) is 17.3. The van der Waals surface area contributed by atoms with Crippen molar-refractivity contribution in [2.24, 2.45) is 5.73 Å². The lowest BCUT2D eigenvalue weighted by Crippen LogP contribution is -2.39. The second kappa shape index (κ2) is 10.2. The predicted molar refractivity (Wildman–Crippen MR) is 120 cm³/mol. The minimum Gasteiger partial charge on any atom is -0.329 e. The molecule has 0 fully saturated rings. The number of nitrogens with two attached hydrogens (primary N) is 1. The summed E-state index contributed by atoms with van der Waals surface area (Å²) in [4.78, 5) is 0. The third kappa shape index (κ3) is 5.68. The lowest BCUT2D eigenvalue weighted by atomic mass is 9.85. The van der Waals surface area contributed by atoms with Gasteiger partial charge in [-0.05, 0) is 54.3 Å². The van der Waals surface area contributed by atoms with Crippen LogP contribution in [0.15, 0.2) is 78.9 Å². The minimum atomic E-state index is 0.0677. The van der Waals surface area contributed by atoms with Crippen LogP contribution in [0.25, 0.3) is 0 Å². The van der Waals surface area contributed by atoms with Crippen LogP contribution in [0.2, 0.25) is 5.02 Å². The molecular formula is C25H26ClN3. The van der Waals surface area contributed by atoms with Gasteiger partial charge >= 0.3 is 0 Å². The maximum Gasteiger partial charge on any atom is 0.0991 e. The molecule has 2 unspecified atom stereocenters. The van der Waals surface area contributed by atoms with E-state index in [1.54, 1.807) is 0 Å². The number of benzene rings is 3. The van der Waals surface area contributed by atoms with E-state index in [2.05, 4.69) is 48.6 Å². The van der Waals surface area contributed by atoms with Gasteiger partial charge in [-0.15, -0.1) is 0 Å². The van der Waals surface area contributed by atoms with Crippen molar-refractivity contribution < 1.29 is 0 Å². The van der Waals surface area contributed by atoms with Crippen LogP contribution in [0, 0.1) is 11.3 Å². The van der Waals surface area contributed by atoms with Gasteiger partial charge in [0.1, 0.15) is 0 Å². The summed E-state index contributed by atoms with van der Waals surface area (Å²) in [6, 6.07) is 28.6. The Labute approximate surface area is 178 Å². The van der Waals surface area contributed by atoms with Crippen LogP contribution in [0.1, 0.15) is 41.1 Å². The van der Waals surface area contributed by atoms with E-state index < -0.39 is 0 Å². The van der Waals surface area contributed by atoms with Crippen LogP contribution in [0.3, 0.4) is 0 Å². The van der Waals surface area contributed by atoms with Crippen LogP contribution >= 0.6 is 11.6 Å². The fraction of sp³-hybridized carbons (Fsp3) is 0.240. The van der Waals surface area contributed by atoms with Crippen molar-refractivity contribution in [1.82, 2.24) is 5.32 Å². The van der Waals surface area contributed by atoms with Gasteiger partial charge in [-0.1, -0.05) is 66.2 Å². The van der Waals surface area contributed by atoms with Gasteiger partial charge < -0.3 is 11.1 Å². The first-order valence-electron chi connectivity index (χ1n) is 9.86. The van der Waals surface area contributed by atoms with Crippen molar-refractivity contribution in [2.45, 2.75) is 31.3 Å². The van der Waals surface area contributed by atoms with Crippen molar-refractivity contribution >= 4 is 11.6 Å². The summed E-state index contributed by atoms with van der Waals surface area (Å²) in [5.41, 5.74) is 10.3. The van der Waals surface area contributed by atoms with Gasteiger partial charge in [0.05, 0.1) is 11.6 Å². The van der Waals surface area contributed by atoms with Crippen LogP contribution < -0.4 is 11.1 Å². The molecule has 0 aliphatic rings. The molecule has 29 heavy (non-hydrogen) atoms. The Bertz CT molecular complexity index is 948. The molecule has 3 aromatic rings. The highest BCUT2D eigenvalue weighted by atomic mass is 35.5. The smallest absolute Gasteiger partial charge is 0.0991 e. The fourth-order valence-electron chi connectivity index (χ4n) is 3.72. The van der Waals surface area contributed by atoms with Crippen LogP contribution in [0.4, 0.5) is 0 Å². The average molecular weight is 404 g/mol. The van der Waals surface area contributed by atoms with Gasteiger partial charge in [-0.25, -0.2) is 0 Å². The van der Waals surface area contributed by atoms with E-state index in [-0.39, 0.29) is 18.0 Å². The van der Waals surface area contributed by atoms with Gasteiger partial charge in [0.25, 0.3) is 0 Å². The molecule has 0 bridgehead atoms. The molecule has 0 aliphatic heterocycles. The summed E-state index contributed by atoms with van der Waals surface area (Å²) in [6.45, 7) is 2.70. The van der Waals surface area contributed by atoms with Gasteiger partial charge in [0.2, 0.25) is 0 Å². The number of rotatable bonds is 8. The molecule has 0 aromatic heterocycles. The van der Waals surface area contributed by atoms with E-state index in [0.717, 1.165) is 17.0 Å². The molecule has 0 aliphatic carbocycles. The van der Waals surface area contributed by atoms with Crippen LogP contribution in [0.5, 0.6) is 0 Å².